The van der Waals surface area contributed by atoms with Crippen LogP contribution in [-0.4, -0.2) is 46.7 Å². The Hall–Kier alpha value is -0.633. The van der Waals surface area contributed by atoms with E-state index in [0.717, 1.165) is 0 Å². The summed E-state index contributed by atoms with van der Waals surface area (Å²) in [5.74, 6) is 0. The second-order valence-corrected chi connectivity index (χ2v) is 6.33. The van der Waals surface area contributed by atoms with Gasteiger partial charge < -0.3 is 25.0 Å². The van der Waals surface area contributed by atoms with E-state index < -0.39 is 14.6 Å². The first-order valence-corrected chi connectivity index (χ1v) is 6.58. The lowest BCUT2D eigenvalue weighted by molar-refractivity contribution is 0.196. The maximum Gasteiger partial charge on any atom is 0.364 e. The fourth-order valence-electron chi connectivity index (χ4n) is 1.06. The van der Waals surface area contributed by atoms with E-state index in [4.69, 9.17) is 19.7 Å². The monoisotopic (exact) mass is 222 g/mol. The van der Waals surface area contributed by atoms with Crippen LogP contribution in [0.3, 0.4) is 0 Å². The third kappa shape index (κ3) is 4.56. The van der Waals surface area contributed by atoms with Gasteiger partial charge in [0, 0.05) is 20.8 Å². The number of carbonyl (C=O) groups excluding carboxylic acids is 1. The van der Waals surface area contributed by atoms with Gasteiger partial charge in [-0.25, -0.2) is 4.79 Å². The quantitative estimate of drug-likeness (QED) is 0.392. The SMILES string of the molecule is CO[Si](CO)(CCCNC(N)=O)OC. The molecule has 0 saturated carbocycles. The predicted octanol–water partition coefficient (Wildman–Crippen LogP) is -0.689. The van der Waals surface area contributed by atoms with Crippen molar-refractivity contribution in [1.29, 1.82) is 0 Å². The van der Waals surface area contributed by atoms with Crippen molar-refractivity contribution in [3.63, 3.8) is 0 Å². The smallest absolute Gasteiger partial charge is 0.364 e. The molecule has 0 radical (unpaired) electrons. The maximum absolute atomic E-state index is 10.3. The Morgan fingerprint density at radius 3 is 2.43 bits per heavy atom. The molecule has 0 saturated heterocycles. The highest BCUT2D eigenvalue weighted by molar-refractivity contribution is 6.67. The number of rotatable bonds is 7. The van der Waals surface area contributed by atoms with Crippen molar-refractivity contribution >= 4 is 14.6 Å². The van der Waals surface area contributed by atoms with E-state index in [-0.39, 0.29) is 6.23 Å². The third-order valence-corrected chi connectivity index (χ3v) is 5.10. The topological polar surface area (TPSA) is 93.8 Å². The van der Waals surface area contributed by atoms with Gasteiger partial charge in [-0.3, -0.25) is 0 Å². The van der Waals surface area contributed by atoms with Crippen molar-refractivity contribution in [2.45, 2.75) is 12.5 Å². The van der Waals surface area contributed by atoms with Crippen LogP contribution in [0.4, 0.5) is 4.79 Å². The van der Waals surface area contributed by atoms with E-state index >= 15 is 0 Å². The van der Waals surface area contributed by atoms with Gasteiger partial charge in [-0.2, -0.15) is 0 Å². The number of carbonyl (C=O) groups is 1. The largest absolute Gasteiger partial charge is 0.396 e. The second-order valence-electron chi connectivity index (χ2n) is 2.87. The first-order valence-electron chi connectivity index (χ1n) is 4.34. The van der Waals surface area contributed by atoms with Gasteiger partial charge in [0.1, 0.15) is 0 Å². The molecule has 14 heavy (non-hydrogen) atoms. The zero-order valence-corrected chi connectivity index (χ0v) is 9.58. The van der Waals surface area contributed by atoms with Crippen LogP contribution in [0.15, 0.2) is 0 Å². The molecule has 2 amide bonds. The minimum absolute atomic E-state index is 0.0867. The fourth-order valence-corrected chi connectivity index (χ4v) is 2.77. The summed E-state index contributed by atoms with van der Waals surface area (Å²) in [5.41, 5.74) is 4.89. The summed E-state index contributed by atoms with van der Waals surface area (Å²) in [6, 6.07) is 0.0765. The number of hydrogen-bond acceptors (Lipinski definition) is 4. The van der Waals surface area contributed by atoms with Gasteiger partial charge >= 0.3 is 14.6 Å². The van der Waals surface area contributed by atoms with Crippen LogP contribution in [0, 0.1) is 0 Å². The number of nitrogens with one attached hydrogen (secondary N) is 1. The van der Waals surface area contributed by atoms with E-state index in [1.54, 1.807) is 0 Å². The Labute approximate surface area is 84.6 Å². The highest BCUT2D eigenvalue weighted by Crippen LogP contribution is 2.12. The number of aliphatic hydroxyl groups is 1. The predicted molar refractivity (Wildman–Crippen MR) is 53.9 cm³/mol. The van der Waals surface area contributed by atoms with Crippen molar-refractivity contribution in [2.75, 3.05) is 27.0 Å². The molecule has 0 aliphatic heterocycles. The summed E-state index contributed by atoms with van der Waals surface area (Å²) in [6.07, 6.45) is 0.591. The Morgan fingerprint density at radius 1 is 1.50 bits per heavy atom. The molecule has 0 fully saturated rings. The highest BCUT2D eigenvalue weighted by Gasteiger charge is 2.33. The molecular formula is C7H18N2O4Si. The number of urea groups is 1. The number of primary amides is 1. The average molecular weight is 222 g/mol. The molecule has 4 N–H and O–H groups in total. The molecule has 0 aromatic carbocycles. The van der Waals surface area contributed by atoms with E-state index in [2.05, 4.69) is 5.32 Å². The molecule has 7 heteroatoms. The molecule has 0 unspecified atom stereocenters. The lowest BCUT2D eigenvalue weighted by Gasteiger charge is -2.24. The van der Waals surface area contributed by atoms with Crippen LogP contribution in [0.5, 0.6) is 0 Å². The summed E-state index contributed by atoms with van der Waals surface area (Å²) in [4.78, 5) is 10.3. The summed E-state index contributed by atoms with van der Waals surface area (Å²) in [6.45, 7) is 0.469. The van der Waals surface area contributed by atoms with Gasteiger partial charge in [0.15, 0.2) is 0 Å². The summed E-state index contributed by atoms with van der Waals surface area (Å²) in [7, 11) is 0.617. The Kier molecular flexibility index (Phi) is 6.46. The van der Waals surface area contributed by atoms with Gasteiger partial charge in [-0.15, -0.1) is 0 Å². The van der Waals surface area contributed by atoms with E-state index in [1.165, 1.54) is 14.2 Å². The normalized spacial score (nSPS) is 11.4. The van der Waals surface area contributed by atoms with E-state index in [1.807, 2.05) is 0 Å². The highest BCUT2D eigenvalue weighted by atomic mass is 28.4. The van der Waals surface area contributed by atoms with Crippen LogP contribution < -0.4 is 11.1 Å². The van der Waals surface area contributed by atoms with Gasteiger partial charge in [0.2, 0.25) is 0 Å². The zero-order chi connectivity index (χ0) is 11.0. The molecule has 0 aliphatic carbocycles. The third-order valence-electron chi connectivity index (χ3n) is 2.02. The molecule has 0 aliphatic rings. The Balaban J connectivity index is 3.77. The number of hydrogen-bond donors (Lipinski definition) is 3. The molecule has 0 bridgehead atoms. The summed E-state index contributed by atoms with van der Waals surface area (Å²) < 4.78 is 10.3. The molecule has 0 rings (SSSR count). The van der Waals surface area contributed by atoms with Gasteiger partial charge in [-0.1, -0.05) is 0 Å². The second kappa shape index (κ2) is 6.77. The van der Waals surface area contributed by atoms with Gasteiger partial charge in [0.25, 0.3) is 0 Å². The summed E-state index contributed by atoms with van der Waals surface area (Å²) >= 11 is 0. The number of nitrogens with two attached hydrogens (primary N) is 1. The standard InChI is InChI=1S/C7H18N2O4Si/c1-12-14(6-10,13-2)5-3-4-9-7(8)11/h10H,3-6H2,1-2H3,(H3,8,9,11). The van der Waals surface area contributed by atoms with Crippen molar-refractivity contribution < 1.29 is 18.8 Å². The Morgan fingerprint density at radius 2 is 2.07 bits per heavy atom. The molecule has 6 nitrogen and oxygen atoms in total. The fraction of sp³-hybridized carbons (Fsp3) is 0.857. The maximum atomic E-state index is 10.3. The molecule has 84 valence electrons. The number of amides is 2. The minimum atomic E-state index is -2.43. The Bertz CT molecular complexity index is 167. The van der Waals surface area contributed by atoms with Crippen LogP contribution in [0.25, 0.3) is 0 Å². The number of aliphatic hydroxyl groups excluding tert-OH is 1. The molecule has 0 heterocycles. The average Bonchev–Trinajstić information content (AvgIpc) is 2.19. The summed E-state index contributed by atoms with van der Waals surface area (Å²) in [5, 5.41) is 11.5. The van der Waals surface area contributed by atoms with Crippen LogP contribution in [0.1, 0.15) is 6.42 Å². The first kappa shape index (κ1) is 13.4. The van der Waals surface area contributed by atoms with Crippen molar-refractivity contribution in [3.05, 3.63) is 0 Å². The molecule has 0 aromatic rings. The van der Waals surface area contributed by atoms with Crippen molar-refractivity contribution in [3.8, 4) is 0 Å². The van der Waals surface area contributed by atoms with Crippen LogP contribution in [0.2, 0.25) is 6.04 Å². The molecular weight excluding hydrogens is 204 g/mol. The van der Waals surface area contributed by atoms with Crippen LogP contribution in [-0.2, 0) is 8.85 Å². The van der Waals surface area contributed by atoms with Crippen molar-refractivity contribution in [1.82, 2.24) is 5.32 Å². The molecule has 0 atom stereocenters. The molecule has 0 aromatic heterocycles. The zero-order valence-electron chi connectivity index (χ0n) is 8.58. The van der Waals surface area contributed by atoms with Crippen molar-refractivity contribution in [2.24, 2.45) is 5.73 Å². The first-order chi connectivity index (χ1) is 6.60. The lowest BCUT2D eigenvalue weighted by Crippen LogP contribution is -2.45. The van der Waals surface area contributed by atoms with E-state index in [0.29, 0.717) is 19.0 Å². The lowest BCUT2D eigenvalue weighted by atomic mass is 10.5. The van der Waals surface area contributed by atoms with E-state index in [9.17, 15) is 4.79 Å². The van der Waals surface area contributed by atoms with Crippen LogP contribution >= 0.6 is 0 Å². The minimum Gasteiger partial charge on any atom is -0.396 e. The van der Waals surface area contributed by atoms with Gasteiger partial charge in [0.05, 0.1) is 6.23 Å². The van der Waals surface area contributed by atoms with Gasteiger partial charge in [-0.05, 0) is 12.5 Å². The molecule has 0 spiro atoms.